The van der Waals surface area contributed by atoms with Gasteiger partial charge < -0.3 is 14.1 Å². The molecule has 5 aliphatic rings. The molecular weight excluding hydrogens is 940 g/mol. The van der Waals surface area contributed by atoms with Crippen LogP contribution < -0.4 is 20.0 Å². The molecule has 7 aromatic carbocycles. The average molecular weight is 1020 g/mol. The van der Waals surface area contributed by atoms with E-state index in [1.165, 1.54) is 134 Å². The maximum absolute atomic E-state index is 7.41. The fourth-order valence-electron chi connectivity index (χ4n) is 14.8. The Balaban J connectivity index is 1.15. The van der Waals surface area contributed by atoms with Crippen LogP contribution in [0.1, 0.15) is 181 Å². The Hall–Kier alpha value is -6.04. The summed E-state index contributed by atoms with van der Waals surface area (Å²) in [6.45, 7) is 38.6. The van der Waals surface area contributed by atoms with E-state index < -0.39 is 0 Å². The zero-order valence-corrected chi connectivity index (χ0v) is 48.9. The van der Waals surface area contributed by atoms with E-state index in [1.807, 2.05) is 11.3 Å². The van der Waals surface area contributed by atoms with E-state index in [1.54, 1.807) is 0 Å². The van der Waals surface area contributed by atoms with Gasteiger partial charge in [-0.25, -0.2) is 0 Å². The number of furan rings is 1. The molecule has 0 saturated carbocycles. The van der Waals surface area contributed by atoms with Crippen molar-refractivity contribution in [2.24, 2.45) is 0 Å². The van der Waals surface area contributed by atoms with Crippen molar-refractivity contribution in [3.05, 3.63) is 160 Å². The van der Waals surface area contributed by atoms with Crippen LogP contribution in [0.25, 0.3) is 54.3 Å². The van der Waals surface area contributed by atoms with Crippen molar-refractivity contribution < 1.29 is 4.42 Å². The van der Waals surface area contributed by atoms with Gasteiger partial charge in [0.25, 0.3) is 0 Å². The van der Waals surface area contributed by atoms with E-state index >= 15 is 0 Å². The van der Waals surface area contributed by atoms with Gasteiger partial charge in [0, 0.05) is 53.7 Å². The minimum atomic E-state index is -0.214. The number of hydrogen-bond donors (Lipinski definition) is 0. The summed E-state index contributed by atoms with van der Waals surface area (Å²) in [6.07, 6.45) is 4.71. The number of thiophene rings is 1. The molecule has 3 nitrogen and oxygen atoms in total. The number of nitrogens with zero attached hydrogens (tertiary/aromatic N) is 2. The molecule has 5 heteroatoms. The summed E-state index contributed by atoms with van der Waals surface area (Å²) in [5.74, 6) is 0. The number of para-hydroxylation sites is 1. The fraction of sp³-hybridized carbons (Fsp3) is 0.380. The van der Waals surface area contributed by atoms with Crippen LogP contribution in [0.3, 0.4) is 0 Å². The molecule has 0 N–H and O–H groups in total. The second kappa shape index (κ2) is 15.2. The van der Waals surface area contributed by atoms with Crippen molar-refractivity contribution in [3.63, 3.8) is 0 Å². The van der Waals surface area contributed by atoms with Gasteiger partial charge in [0.15, 0.2) is 5.58 Å². The molecule has 0 amide bonds. The highest BCUT2D eigenvalue weighted by molar-refractivity contribution is 7.32. The third kappa shape index (κ3) is 6.60. The van der Waals surface area contributed by atoms with Crippen molar-refractivity contribution in [1.82, 2.24) is 0 Å². The smallest absolute Gasteiger partial charge is 0.343 e. The standard InChI is InChI=1S/C71H75BN2OS/c1-65(2,3)40-21-24-42(25-22-40)74-57-39-53-45(46-37-55-56(38-52(46)71(53,15)16)70(13,14)32-31-69(55,11)12)35-47(57)48-36-49-44-19-17-18-20-58(44)75-63(49)62-60(48)72(74)64-61(50-33-41(66(4,5)6)23-28-59(50)76-64)73(62)43-26-27-51-54(34-43)68(9,10)30-29-67(51,7)8/h17-28,33-39H,29-32H2,1-16H3. The van der Waals surface area contributed by atoms with Gasteiger partial charge in [-0.1, -0.05) is 159 Å². The van der Waals surface area contributed by atoms with Crippen molar-refractivity contribution in [3.8, 4) is 22.3 Å². The number of anilines is 5. The molecule has 384 valence electrons. The molecule has 2 aromatic heterocycles. The number of benzene rings is 7. The van der Waals surface area contributed by atoms with Gasteiger partial charge in [0.05, 0.1) is 11.4 Å². The molecule has 3 aliphatic carbocycles. The van der Waals surface area contributed by atoms with Gasteiger partial charge >= 0.3 is 6.85 Å². The molecule has 14 rings (SSSR count). The van der Waals surface area contributed by atoms with E-state index in [0.717, 1.165) is 28.7 Å². The topological polar surface area (TPSA) is 19.6 Å². The summed E-state index contributed by atoms with van der Waals surface area (Å²) in [6, 6.07) is 46.3. The zero-order valence-electron chi connectivity index (χ0n) is 48.1. The monoisotopic (exact) mass is 1010 g/mol. The molecular formula is C71H75BN2OS. The number of rotatable bonds is 2. The van der Waals surface area contributed by atoms with Crippen molar-refractivity contribution >= 4 is 88.9 Å². The van der Waals surface area contributed by atoms with Crippen molar-refractivity contribution in [1.29, 1.82) is 0 Å². The number of fused-ring (bicyclic) bond motifs is 15. The third-order valence-electron chi connectivity index (χ3n) is 19.9. The summed E-state index contributed by atoms with van der Waals surface area (Å²) < 4.78 is 10.1. The van der Waals surface area contributed by atoms with E-state index in [9.17, 15) is 0 Å². The Bertz CT molecular complexity index is 4010. The maximum atomic E-state index is 7.41. The van der Waals surface area contributed by atoms with E-state index in [-0.39, 0.29) is 44.8 Å². The highest BCUT2D eigenvalue weighted by Crippen LogP contribution is 2.60. The molecule has 76 heavy (non-hydrogen) atoms. The Labute approximate surface area is 456 Å². The van der Waals surface area contributed by atoms with Crippen molar-refractivity contribution in [2.75, 3.05) is 9.71 Å². The quantitative estimate of drug-likeness (QED) is 0.161. The fourth-order valence-corrected chi connectivity index (χ4v) is 16.1. The van der Waals surface area contributed by atoms with E-state index in [2.05, 4.69) is 236 Å². The first-order chi connectivity index (χ1) is 35.7. The van der Waals surface area contributed by atoms with Gasteiger partial charge in [-0.15, -0.1) is 11.3 Å². The Morgan fingerprint density at radius 3 is 1.72 bits per heavy atom. The Morgan fingerprint density at radius 1 is 0.474 bits per heavy atom. The van der Waals surface area contributed by atoms with Gasteiger partial charge in [0.2, 0.25) is 0 Å². The van der Waals surface area contributed by atoms with E-state index in [0.29, 0.717) is 0 Å². The average Bonchev–Trinajstić information content (AvgIpc) is 4.18. The molecule has 4 heterocycles. The van der Waals surface area contributed by atoms with Crippen LogP contribution in [0.4, 0.5) is 28.4 Å². The van der Waals surface area contributed by atoms with Crippen LogP contribution in [-0.4, -0.2) is 6.85 Å². The molecule has 0 atom stereocenters. The third-order valence-corrected chi connectivity index (χ3v) is 21.1. The number of hydrogen-bond acceptors (Lipinski definition) is 4. The molecule has 9 aromatic rings. The first-order valence-corrected chi connectivity index (χ1v) is 29.3. The largest absolute Gasteiger partial charge is 0.454 e. The summed E-state index contributed by atoms with van der Waals surface area (Å²) in [5, 5.41) is 3.63. The molecule has 0 spiro atoms. The lowest BCUT2D eigenvalue weighted by molar-refractivity contribution is 0.331. The van der Waals surface area contributed by atoms with Gasteiger partial charge in [-0.05, 0) is 192 Å². The van der Waals surface area contributed by atoms with E-state index in [4.69, 9.17) is 4.42 Å². The van der Waals surface area contributed by atoms with Gasteiger partial charge in [-0.2, -0.15) is 0 Å². The van der Waals surface area contributed by atoms with Gasteiger partial charge in [-0.3, -0.25) is 0 Å². The van der Waals surface area contributed by atoms with Crippen LogP contribution in [0.15, 0.2) is 120 Å². The molecule has 0 saturated heterocycles. The first kappa shape index (κ1) is 48.3. The highest BCUT2D eigenvalue weighted by Gasteiger charge is 2.51. The minimum absolute atomic E-state index is 0.0112. The van der Waals surface area contributed by atoms with Crippen LogP contribution >= 0.6 is 11.3 Å². The SMILES string of the molecule is CC(C)(C)c1ccc(N2B3c4sc5ccc(C(C)(C)C)cc5c4N(c4ccc5c(c4)C(C)(C)CCC5(C)C)c4c3c(cc3c4oc4ccccc43)-c3cc4c(cc32)C(C)(C)c2cc3c(cc2-4)C(C)(C)CCC3(C)C)cc1. The molecule has 0 bridgehead atoms. The maximum Gasteiger partial charge on any atom is 0.343 e. The lowest BCUT2D eigenvalue weighted by atomic mass is 9.46. The molecule has 2 aliphatic heterocycles. The summed E-state index contributed by atoms with van der Waals surface area (Å²) in [7, 11) is 0. The second-order valence-corrected chi connectivity index (χ2v) is 30.2. The lowest BCUT2D eigenvalue weighted by Gasteiger charge is -2.46. The molecule has 0 fully saturated rings. The minimum Gasteiger partial charge on any atom is -0.454 e. The normalized spacial score (nSPS) is 19.0. The Morgan fingerprint density at radius 2 is 1.05 bits per heavy atom. The predicted molar refractivity (Wildman–Crippen MR) is 328 cm³/mol. The molecule has 0 radical (unpaired) electrons. The summed E-state index contributed by atoms with van der Waals surface area (Å²) in [4.78, 5) is 5.44. The highest BCUT2D eigenvalue weighted by atomic mass is 32.1. The summed E-state index contributed by atoms with van der Waals surface area (Å²) >= 11 is 1.99. The molecule has 0 unspecified atom stereocenters. The zero-order chi connectivity index (χ0) is 53.3. The Kier molecular flexibility index (Phi) is 9.64. The van der Waals surface area contributed by atoms with Crippen LogP contribution in [0, 0.1) is 0 Å². The lowest BCUT2D eigenvalue weighted by Crippen LogP contribution is -2.60. The van der Waals surface area contributed by atoms with Gasteiger partial charge in [0.1, 0.15) is 5.58 Å². The van der Waals surface area contributed by atoms with Crippen molar-refractivity contribution in [2.45, 2.75) is 174 Å². The van der Waals surface area contributed by atoms with Crippen LogP contribution in [-0.2, 0) is 37.9 Å². The predicted octanol–water partition coefficient (Wildman–Crippen LogP) is 19.1. The first-order valence-electron chi connectivity index (χ1n) is 28.4. The van der Waals surface area contributed by atoms with Crippen LogP contribution in [0.2, 0.25) is 0 Å². The second-order valence-electron chi connectivity index (χ2n) is 29.1. The van der Waals surface area contributed by atoms with Crippen LogP contribution in [0.5, 0.6) is 0 Å². The summed E-state index contributed by atoms with van der Waals surface area (Å²) in [5.41, 5.74) is 26.3.